The molecule has 1 aliphatic carbocycles. The molecule has 1 aliphatic rings. The van der Waals surface area contributed by atoms with E-state index in [2.05, 4.69) is 0 Å². The largest absolute Gasteiger partial charge is 2.00 e. The quantitative estimate of drug-likeness (QED) is 0.392. The van der Waals surface area contributed by atoms with Gasteiger partial charge in [0.1, 0.15) is 0 Å². The van der Waals surface area contributed by atoms with E-state index < -0.39 is 0 Å². The molecule has 0 aromatic rings. The van der Waals surface area contributed by atoms with Gasteiger partial charge in [-0.2, -0.15) is 0 Å². The molecule has 1 fully saturated rings. The Hall–Kier alpha value is 0.479. The Labute approximate surface area is 68.9 Å². The minimum absolute atomic E-state index is 0. The van der Waals surface area contributed by atoms with E-state index in [0.717, 1.165) is 12.8 Å². The van der Waals surface area contributed by atoms with E-state index in [0.29, 0.717) is 0 Å². The fraction of sp³-hybridized carbons (Fsp3) is 0.857. The Kier molecular flexibility index (Phi) is 8.93. The minimum Gasteiger partial charge on any atom is -0.675 e. The third kappa shape index (κ3) is 4.95. The first-order valence-corrected chi connectivity index (χ1v) is 3.11. The van der Waals surface area contributed by atoms with Crippen LogP contribution in [0.1, 0.15) is 32.1 Å². The van der Waals surface area contributed by atoms with E-state index >= 15 is 0 Å². The van der Waals surface area contributed by atoms with E-state index in [9.17, 15) is 0 Å². The van der Waals surface area contributed by atoms with Crippen molar-refractivity contribution in [3.63, 3.8) is 0 Å². The molecule has 2 heteroatoms. The number of hydrogen-bond donors (Lipinski definition) is 0. The zero-order valence-electron chi connectivity index (χ0n) is 5.99. The van der Waals surface area contributed by atoms with Crippen molar-refractivity contribution in [1.29, 1.82) is 0 Å². The standard InChI is InChI=1S/C6H12N.CH3.Mn/c7-6-4-2-1-3-5-6;;/h6-7H,1-5H2;1H3;/q2*-1;+2. The second-order valence-corrected chi connectivity index (χ2v) is 2.33. The fourth-order valence-electron chi connectivity index (χ4n) is 1.10. The van der Waals surface area contributed by atoms with Crippen LogP contribution in [-0.2, 0) is 17.1 Å². The molecular weight excluding hydrogens is 153 g/mol. The Morgan fingerprint density at radius 2 is 1.44 bits per heavy atom. The zero-order valence-corrected chi connectivity index (χ0v) is 7.17. The normalized spacial score (nSPS) is 19.7. The summed E-state index contributed by atoms with van der Waals surface area (Å²) in [6, 6.07) is 0.286. The van der Waals surface area contributed by atoms with Crippen LogP contribution in [-0.4, -0.2) is 6.04 Å². The first kappa shape index (κ1) is 12.2. The maximum Gasteiger partial charge on any atom is 2.00 e. The van der Waals surface area contributed by atoms with E-state index in [4.69, 9.17) is 5.73 Å². The molecule has 0 aromatic carbocycles. The Morgan fingerprint density at radius 3 is 1.67 bits per heavy atom. The van der Waals surface area contributed by atoms with Crippen molar-refractivity contribution in [1.82, 2.24) is 0 Å². The maximum atomic E-state index is 7.27. The van der Waals surface area contributed by atoms with Crippen molar-refractivity contribution < 1.29 is 17.1 Å². The molecule has 0 heterocycles. The molecule has 1 N–H and O–H groups in total. The first-order chi connectivity index (χ1) is 3.39. The smallest absolute Gasteiger partial charge is 0.675 e. The van der Waals surface area contributed by atoms with Crippen LogP contribution in [0.5, 0.6) is 0 Å². The van der Waals surface area contributed by atoms with Crippen LogP contribution in [0.15, 0.2) is 0 Å². The summed E-state index contributed by atoms with van der Waals surface area (Å²) in [6.45, 7) is 0. The Bertz CT molecular complexity index is 50.9. The van der Waals surface area contributed by atoms with Crippen molar-refractivity contribution in [2.24, 2.45) is 0 Å². The third-order valence-electron chi connectivity index (χ3n) is 1.61. The van der Waals surface area contributed by atoms with Crippen molar-refractivity contribution >= 4 is 0 Å². The fourth-order valence-corrected chi connectivity index (χ4v) is 1.10. The van der Waals surface area contributed by atoms with Gasteiger partial charge in [0.2, 0.25) is 0 Å². The summed E-state index contributed by atoms with van der Waals surface area (Å²) in [5.74, 6) is 0. The molecule has 0 unspecified atom stereocenters. The van der Waals surface area contributed by atoms with Crippen molar-refractivity contribution in [2.45, 2.75) is 38.1 Å². The van der Waals surface area contributed by atoms with E-state index in [1.165, 1.54) is 19.3 Å². The molecule has 0 aromatic heterocycles. The van der Waals surface area contributed by atoms with Gasteiger partial charge < -0.3 is 13.2 Å². The molecule has 0 atom stereocenters. The van der Waals surface area contributed by atoms with Gasteiger partial charge >= 0.3 is 17.1 Å². The average Bonchev–Trinajstić information content (AvgIpc) is 1.69. The monoisotopic (exact) mass is 168 g/mol. The molecule has 0 bridgehead atoms. The molecule has 9 heavy (non-hydrogen) atoms. The number of rotatable bonds is 0. The summed E-state index contributed by atoms with van der Waals surface area (Å²) >= 11 is 0. The van der Waals surface area contributed by atoms with Crippen LogP contribution in [0.3, 0.4) is 0 Å². The van der Waals surface area contributed by atoms with E-state index in [-0.39, 0.29) is 30.5 Å². The molecule has 55 valence electrons. The number of nitrogens with one attached hydrogen (secondary N) is 1. The SMILES string of the molecule is [CH3-].[Mn+2].[NH-]C1CCCCC1. The van der Waals surface area contributed by atoms with Crippen LogP contribution < -0.4 is 0 Å². The van der Waals surface area contributed by atoms with Gasteiger partial charge in [-0.15, -0.1) is 6.04 Å². The molecule has 0 amide bonds. The summed E-state index contributed by atoms with van der Waals surface area (Å²) in [6.07, 6.45) is 6.28. The first-order valence-electron chi connectivity index (χ1n) is 3.11. The van der Waals surface area contributed by atoms with Crippen LogP contribution in [0.4, 0.5) is 0 Å². The molecule has 1 rings (SSSR count). The van der Waals surface area contributed by atoms with Crippen molar-refractivity contribution in [3.05, 3.63) is 13.2 Å². The minimum atomic E-state index is 0. The van der Waals surface area contributed by atoms with Gasteiger partial charge in [-0.05, 0) is 0 Å². The summed E-state index contributed by atoms with van der Waals surface area (Å²) < 4.78 is 0. The molecule has 1 saturated carbocycles. The summed E-state index contributed by atoms with van der Waals surface area (Å²) in [5, 5.41) is 0. The molecular formula is C7H15MnN. The third-order valence-corrected chi connectivity index (χ3v) is 1.61. The maximum absolute atomic E-state index is 7.27. The van der Waals surface area contributed by atoms with Gasteiger partial charge in [0.25, 0.3) is 0 Å². The topological polar surface area (TPSA) is 23.8 Å². The zero-order chi connectivity index (χ0) is 5.11. The molecule has 1 nitrogen and oxygen atoms in total. The average molecular weight is 168 g/mol. The van der Waals surface area contributed by atoms with Gasteiger partial charge in [0, 0.05) is 0 Å². The van der Waals surface area contributed by atoms with Gasteiger partial charge in [-0.1, -0.05) is 32.1 Å². The predicted molar refractivity (Wildman–Crippen MR) is 37.6 cm³/mol. The van der Waals surface area contributed by atoms with Gasteiger partial charge in [-0.25, -0.2) is 0 Å². The van der Waals surface area contributed by atoms with Crippen molar-refractivity contribution in [2.75, 3.05) is 0 Å². The van der Waals surface area contributed by atoms with E-state index in [1.54, 1.807) is 0 Å². The molecule has 1 radical (unpaired) electrons. The predicted octanol–water partition coefficient (Wildman–Crippen LogP) is 2.82. The summed E-state index contributed by atoms with van der Waals surface area (Å²) in [5.41, 5.74) is 7.27. The van der Waals surface area contributed by atoms with Crippen molar-refractivity contribution in [3.8, 4) is 0 Å². The van der Waals surface area contributed by atoms with E-state index in [1.807, 2.05) is 0 Å². The van der Waals surface area contributed by atoms with Crippen LogP contribution in [0.2, 0.25) is 0 Å². The molecule has 0 aliphatic heterocycles. The summed E-state index contributed by atoms with van der Waals surface area (Å²) in [4.78, 5) is 0. The second kappa shape index (κ2) is 6.60. The Morgan fingerprint density at radius 1 is 1.00 bits per heavy atom. The van der Waals surface area contributed by atoms with Crippen LogP contribution >= 0.6 is 0 Å². The van der Waals surface area contributed by atoms with Gasteiger partial charge in [0.15, 0.2) is 0 Å². The van der Waals surface area contributed by atoms with Gasteiger partial charge in [0.05, 0.1) is 0 Å². The molecule has 0 spiro atoms. The summed E-state index contributed by atoms with van der Waals surface area (Å²) in [7, 11) is 0. The Balaban J connectivity index is 0. The van der Waals surface area contributed by atoms with Crippen LogP contribution in [0.25, 0.3) is 5.73 Å². The van der Waals surface area contributed by atoms with Crippen LogP contribution in [0, 0.1) is 7.43 Å². The number of hydrogen-bond acceptors (Lipinski definition) is 0. The van der Waals surface area contributed by atoms with Gasteiger partial charge in [-0.3, -0.25) is 0 Å². The second-order valence-electron chi connectivity index (χ2n) is 2.33. The molecule has 0 saturated heterocycles.